The average molecular weight is 342 g/mol. The molecular formula is C19H16ClNO3. The van der Waals surface area contributed by atoms with E-state index in [0.717, 1.165) is 10.9 Å². The molecule has 1 N–H and O–H groups in total. The molecular weight excluding hydrogens is 326 g/mol. The first-order valence-corrected chi connectivity index (χ1v) is 8.03. The van der Waals surface area contributed by atoms with Crippen molar-refractivity contribution in [2.24, 2.45) is 0 Å². The Morgan fingerprint density at radius 2 is 1.88 bits per heavy atom. The van der Waals surface area contributed by atoms with Gasteiger partial charge >= 0.3 is 5.97 Å². The van der Waals surface area contributed by atoms with Crippen molar-refractivity contribution in [1.29, 1.82) is 0 Å². The quantitative estimate of drug-likeness (QED) is 0.560. The topological polar surface area (TPSA) is 59.2 Å². The summed E-state index contributed by atoms with van der Waals surface area (Å²) in [5.74, 6) is -0.530. The van der Waals surface area contributed by atoms with Gasteiger partial charge in [0.1, 0.15) is 0 Å². The monoisotopic (exact) mass is 341 g/mol. The molecule has 0 radical (unpaired) electrons. The van der Waals surface area contributed by atoms with Gasteiger partial charge in [0.25, 0.3) is 0 Å². The summed E-state index contributed by atoms with van der Waals surface area (Å²) in [5.41, 5.74) is 2.31. The molecule has 3 aromatic rings. The smallest absolute Gasteiger partial charge is 0.310 e. The number of esters is 1. The van der Waals surface area contributed by atoms with E-state index >= 15 is 0 Å². The fraction of sp³-hybridized carbons (Fsp3) is 0.158. The van der Waals surface area contributed by atoms with Crippen LogP contribution in [-0.4, -0.2) is 23.3 Å². The van der Waals surface area contributed by atoms with Crippen molar-refractivity contribution in [1.82, 2.24) is 4.98 Å². The lowest BCUT2D eigenvalue weighted by atomic mass is 10.0. The van der Waals surface area contributed by atoms with Crippen molar-refractivity contribution >= 4 is 34.3 Å². The van der Waals surface area contributed by atoms with Gasteiger partial charge < -0.3 is 9.72 Å². The molecule has 0 aliphatic heterocycles. The van der Waals surface area contributed by atoms with Crippen LogP contribution >= 0.6 is 11.6 Å². The molecule has 0 fully saturated rings. The van der Waals surface area contributed by atoms with Crippen LogP contribution < -0.4 is 0 Å². The molecule has 0 bridgehead atoms. The number of aromatic amines is 1. The van der Waals surface area contributed by atoms with Crippen molar-refractivity contribution in [3.8, 4) is 0 Å². The number of hydrogen-bond acceptors (Lipinski definition) is 3. The van der Waals surface area contributed by atoms with Gasteiger partial charge in [0.15, 0.2) is 0 Å². The Labute approximate surface area is 144 Å². The molecule has 0 saturated carbocycles. The van der Waals surface area contributed by atoms with E-state index in [1.165, 1.54) is 0 Å². The molecule has 0 spiro atoms. The van der Waals surface area contributed by atoms with Crippen LogP contribution in [0, 0.1) is 0 Å². The summed E-state index contributed by atoms with van der Waals surface area (Å²) in [6.45, 7) is 2.05. The second-order valence-electron chi connectivity index (χ2n) is 5.35. The third-order valence-electron chi connectivity index (χ3n) is 3.76. The highest BCUT2D eigenvalue weighted by Gasteiger charge is 2.21. The van der Waals surface area contributed by atoms with E-state index in [9.17, 15) is 9.59 Å². The third kappa shape index (κ3) is 3.19. The summed E-state index contributed by atoms with van der Waals surface area (Å²) < 4.78 is 5.04. The molecule has 0 amide bonds. The third-order valence-corrected chi connectivity index (χ3v) is 3.99. The molecule has 122 valence electrons. The molecule has 0 aliphatic rings. The Hall–Kier alpha value is -2.59. The zero-order valence-electron chi connectivity index (χ0n) is 13.1. The molecule has 2 aromatic carbocycles. The zero-order chi connectivity index (χ0) is 17.1. The summed E-state index contributed by atoms with van der Waals surface area (Å²) in [4.78, 5) is 27.9. The molecule has 0 unspecified atom stereocenters. The summed E-state index contributed by atoms with van der Waals surface area (Å²) in [6.07, 6.45) is 0.0311. The van der Waals surface area contributed by atoms with Gasteiger partial charge in [-0.3, -0.25) is 9.59 Å². The molecule has 3 rings (SSSR count). The van der Waals surface area contributed by atoms with Crippen molar-refractivity contribution < 1.29 is 14.3 Å². The highest BCUT2D eigenvalue weighted by molar-refractivity contribution is 6.31. The second kappa shape index (κ2) is 6.89. The van der Waals surface area contributed by atoms with Gasteiger partial charge in [0, 0.05) is 27.1 Å². The SMILES string of the molecule is CCOC(=O)Cc1c(C(=O)c2ccccc2)[nH]c2cc(Cl)ccc12. The maximum absolute atomic E-state index is 12.8. The number of aromatic nitrogens is 1. The summed E-state index contributed by atoms with van der Waals surface area (Å²) in [5, 5.41) is 1.36. The first kappa shape index (κ1) is 16.3. The standard InChI is InChI=1S/C19H16ClNO3/c1-2-24-17(22)11-15-14-9-8-13(20)10-16(14)21-18(15)19(23)12-6-4-3-5-7-12/h3-10,21H,2,11H2,1H3. The largest absolute Gasteiger partial charge is 0.466 e. The lowest BCUT2D eigenvalue weighted by molar-refractivity contribution is -0.142. The number of fused-ring (bicyclic) bond motifs is 1. The van der Waals surface area contributed by atoms with Crippen molar-refractivity contribution in [2.75, 3.05) is 6.61 Å². The molecule has 5 heteroatoms. The molecule has 0 aliphatic carbocycles. The highest BCUT2D eigenvalue weighted by Crippen LogP contribution is 2.27. The molecule has 24 heavy (non-hydrogen) atoms. The molecule has 0 atom stereocenters. The van der Waals surface area contributed by atoms with E-state index in [0.29, 0.717) is 28.5 Å². The van der Waals surface area contributed by atoms with Crippen LogP contribution in [0.5, 0.6) is 0 Å². The van der Waals surface area contributed by atoms with E-state index in [2.05, 4.69) is 4.98 Å². The number of hydrogen-bond donors (Lipinski definition) is 1. The number of rotatable bonds is 5. The number of benzene rings is 2. The minimum Gasteiger partial charge on any atom is -0.466 e. The minimum atomic E-state index is -0.365. The van der Waals surface area contributed by atoms with Crippen LogP contribution in [0.4, 0.5) is 0 Å². The van der Waals surface area contributed by atoms with Crippen LogP contribution in [0.25, 0.3) is 10.9 Å². The van der Waals surface area contributed by atoms with Crippen molar-refractivity contribution in [2.45, 2.75) is 13.3 Å². The van der Waals surface area contributed by atoms with Gasteiger partial charge in [-0.1, -0.05) is 48.0 Å². The molecule has 0 saturated heterocycles. The Balaban J connectivity index is 2.11. The summed E-state index contributed by atoms with van der Waals surface area (Å²) in [7, 11) is 0. The van der Waals surface area contributed by atoms with Crippen LogP contribution in [0.15, 0.2) is 48.5 Å². The fourth-order valence-corrected chi connectivity index (χ4v) is 2.87. The van der Waals surface area contributed by atoms with Gasteiger partial charge in [-0.2, -0.15) is 0 Å². The normalized spacial score (nSPS) is 10.8. The maximum Gasteiger partial charge on any atom is 0.310 e. The number of ether oxygens (including phenoxy) is 1. The van der Waals surface area contributed by atoms with Crippen molar-refractivity contribution in [3.63, 3.8) is 0 Å². The second-order valence-corrected chi connectivity index (χ2v) is 5.78. The minimum absolute atomic E-state index is 0.0311. The molecule has 1 heterocycles. The Bertz CT molecular complexity index is 900. The van der Waals surface area contributed by atoms with E-state index < -0.39 is 0 Å². The molecule has 4 nitrogen and oxygen atoms in total. The van der Waals surface area contributed by atoms with Gasteiger partial charge in [-0.05, 0) is 19.1 Å². The number of carbonyl (C=O) groups excluding carboxylic acids is 2. The fourth-order valence-electron chi connectivity index (χ4n) is 2.70. The van der Waals surface area contributed by atoms with E-state index in [1.807, 2.05) is 12.1 Å². The van der Waals surface area contributed by atoms with Gasteiger partial charge in [0.2, 0.25) is 5.78 Å². The number of H-pyrrole nitrogens is 1. The zero-order valence-corrected chi connectivity index (χ0v) is 13.9. The number of halogens is 1. The van der Waals surface area contributed by atoms with E-state index in [-0.39, 0.29) is 18.2 Å². The van der Waals surface area contributed by atoms with Crippen LogP contribution in [0.3, 0.4) is 0 Å². The number of carbonyl (C=O) groups is 2. The predicted molar refractivity (Wildman–Crippen MR) is 93.5 cm³/mol. The van der Waals surface area contributed by atoms with Gasteiger partial charge in [-0.15, -0.1) is 0 Å². The lowest BCUT2D eigenvalue weighted by Crippen LogP contribution is -2.11. The Kier molecular flexibility index (Phi) is 4.67. The first-order valence-electron chi connectivity index (χ1n) is 7.65. The lowest BCUT2D eigenvalue weighted by Gasteiger charge is -2.05. The van der Waals surface area contributed by atoms with Crippen molar-refractivity contribution in [3.05, 3.63) is 70.4 Å². The predicted octanol–water partition coefficient (Wildman–Crippen LogP) is 4.16. The molecule has 1 aromatic heterocycles. The van der Waals surface area contributed by atoms with Crippen LogP contribution in [-0.2, 0) is 16.0 Å². The van der Waals surface area contributed by atoms with Crippen LogP contribution in [0.1, 0.15) is 28.5 Å². The first-order chi connectivity index (χ1) is 11.6. The Morgan fingerprint density at radius 1 is 1.12 bits per heavy atom. The number of ketones is 1. The number of nitrogens with one attached hydrogen (secondary N) is 1. The van der Waals surface area contributed by atoms with Gasteiger partial charge in [0.05, 0.1) is 18.7 Å². The van der Waals surface area contributed by atoms with Gasteiger partial charge in [-0.25, -0.2) is 0 Å². The maximum atomic E-state index is 12.8. The van der Waals surface area contributed by atoms with Crippen LogP contribution in [0.2, 0.25) is 5.02 Å². The van der Waals surface area contributed by atoms with E-state index in [4.69, 9.17) is 16.3 Å². The Morgan fingerprint density at radius 3 is 2.58 bits per heavy atom. The van der Waals surface area contributed by atoms with E-state index in [1.54, 1.807) is 43.3 Å². The highest BCUT2D eigenvalue weighted by atomic mass is 35.5. The summed E-state index contributed by atoms with van der Waals surface area (Å²) in [6, 6.07) is 14.2. The summed E-state index contributed by atoms with van der Waals surface area (Å²) >= 11 is 6.04. The average Bonchev–Trinajstić information content (AvgIpc) is 2.92.